The van der Waals surface area contributed by atoms with Gasteiger partial charge in [0, 0.05) is 23.3 Å². The number of rotatable bonds is 8. The molecule has 31 heavy (non-hydrogen) atoms. The molecule has 0 fully saturated rings. The van der Waals surface area contributed by atoms with E-state index in [-0.39, 0.29) is 0 Å². The van der Waals surface area contributed by atoms with E-state index in [1.54, 1.807) is 18.6 Å². The maximum Gasteiger partial charge on any atom is 0.193 e. The molecule has 0 aliphatic heterocycles. The first kappa shape index (κ1) is 21.6. The molecule has 0 saturated carbocycles. The van der Waals surface area contributed by atoms with Gasteiger partial charge < -0.3 is 10.6 Å². The molecule has 7 nitrogen and oxygen atoms in total. The number of hydrogen-bond acceptors (Lipinski definition) is 9. The van der Waals surface area contributed by atoms with Crippen molar-refractivity contribution in [2.45, 2.75) is 30.4 Å². The number of thiazole rings is 1. The number of hydrogen-bond donors (Lipinski definition) is 2. The second-order valence-electron chi connectivity index (χ2n) is 6.54. The highest BCUT2D eigenvalue weighted by molar-refractivity contribution is 7.99. The molecule has 0 unspecified atom stereocenters. The van der Waals surface area contributed by atoms with Crippen molar-refractivity contribution in [1.29, 1.82) is 0 Å². The first-order valence-electron chi connectivity index (χ1n) is 9.63. The average molecular weight is 470 g/mol. The molecule has 3 heterocycles. The molecule has 158 valence electrons. The van der Waals surface area contributed by atoms with Crippen LogP contribution >= 0.6 is 34.7 Å². The van der Waals surface area contributed by atoms with E-state index in [1.165, 1.54) is 23.1 Å². The lowest BCUT2D eigenvalue weighted by Crippen LogP contribution is -2.13. The molecule has 2 N–H and O–H groups in total. The van der Waals surface area contributed by atoms with E-state index in [4.69, 9.17) is 16.6 Å². The first-order chi connectivity index (χ1) is 15.1. The van der Waals surface area contributed by atoms with Crippen LogP contribution in [0.25, 0.3) is 10.6 Å². The highest BCUT2D eigenvalue weighted by Gasteiger charge is 2.12. The van der Waals surface area contributed by atoms with Crippen LogP contribution in [0.1, 0.15) is 18.3 Å². The Morgan fingerprint density at radius 2 is 1.94 bits per heavy atom. The molecular formula is C21H20ClN7S2. The number of aromatic nitrogens is 5. The van der Waals surface area contributed by atoms with Gasteiger partial charge in [0.05, 0.1) is 33.7 Å². The first-order valence-corrected chi connectivity index (χ1v) is 11.6. The van der Waals surface area contributed by atoms with E-state index in [0.29, 0.717) is 22.5 Å². The molecule has 3 aromatic heterocycles. The molecule has 0 spiro atoms. The Labute approximate surface area is 193 Å². The minimum absolute atomic E-state index is 0.646. The van der Waals surface area contributed by atoms with Gasteiger partial charge in [-0.05, 0) is 43.4 Å². The zero-order valence-corrected chi connectivity index (χ0v) is 19.4. The SMILES string of the molecule is CCNCc1cnc(Nc2ncc(-c3cc(C)nc(Sc4ccccc4Cl)n3)s2)cn1. The molecule has 4 aromatic rings. The summed E-state index contributed by atoms with van der Waals surface area (Å²) in [6.45, 7) is 5.60. The summed E-state index contributed by atoms with van der Waals surface area (Å²) in [5, 5.41) is 8.48. The van der Waals surface area contributed by atoms with Crippen LogP contribution in [0.15, 0.2) is 59.0 Å². The fraction of sp³-hybridized carbons (Fsp3) is 0.190. The molecule has 0 amide bonds. The molecule has 4 rings (SSSR count). The lowest BCUT2D eigenvalue weighted by molar-refractivity contribution is 0.707. The van der Waals surface area contributed by atoms with Crippen molar-refractivity contribution < 1.29 is 0 Å². The van der Waals surface area contributed by atoms with Crippen molar-refractivity contribution >= 4 is 45.6 Å². The van der Waals surface area contributed by atoms with Crippen molar-refractivity contribution in [2.24, 2.45) is 0 Å². The number of benzene rings is 1. The van der Waals surface area contributed by atoms with Gasteiger partial charge in [-0.2, -0.15) is 0 Å². The fourth-order valence-electron chi connectivity index (χ4n) is 2.66. The summed E-state index contributed by atoms with van der Waals surface area (Å²) in [5.74, 6) is 0.648. The lowest BCUT2D eigenvalue weighted by atomic mass is 10.3. The summed E-state index contributed by atoms with van der Waals surface area (Å²) in [4.78, 5) is 24.4. The summed E-state index contributed by atoms with van der Waals surface area (Å²) < 4.78 is 0. The highest BCUT2D eigenvalue weighted by atomic mass is 35.5. The van der Waals surface area contributed by atoms with E-state index in [0.717, 1.165) is 38.5 Å². The third kappa shape index (κ3) is 5.76. The van der Waals surface area contributed by atoms with E-state index in [9.17, 15) is 0 Å². The minimum atomic E-state index is 0.646. The van der Waals surface area contributed by atoms with Crippen molar-refractivity contribution in [3.8, 4) is 10.6 Å². The number of nitrogens with one attached hydrogen (secondary N) is 2. The Bertz CT molecular complexity index is 1160. The number of halogens is 1. The quantitative estimate of drug-likeness (QED) is 0.333. The normalized spacial score (nSPS) is 10.9. The van der Waals surface area contributed by atoms with Crippen LogP contribution < -0.4 is 10.6 Å². The van der Waals surface area contributed by atoms with Crippen molar-refractivity contribution in [3.05, 3.63) is 65.3 Å². The van der Waals surface area contributed by atoms with E-state index < -0.39 is 0 Å². The molecule has 0 aliphatic rings. The Morgan fingerprint density at radius 3 is 2.71 bits per heavy atom. The minimum Gasteiger partial charge on any atom is -0.315 e. The fourth-order valence-corrected chi connectivity index (χ4v) is 4.54. The maximum absolute atomic E-state index is 6.28. The Morgan fingerprint density at radius 1 is 1.06 bits per heavy atom. The van der Waals surface area contributed by atoms with Gasteiger partial charge in [-0.1, -0.05) is 42.0 Å². The van der Waals surface area contributed by atoms with Crippen LogP contribution in [-0.4, -0.2) is 31.5 Å². The zero-order chi connectivity index (χ0) is 21.6. The second-order valence-corrected chi connectivity index (χ2v) is 8.98. The highest BCUT2D eigenvalue weighted by Crippen LogP contribution is 2.34. The van der Waals surface area contributed by atoms with Crippen molar-refractivity contribution in [3.63, 3.8) is 0 Å². The van der Waals surface area contributed by atoms with Crippen LogP contribution in [0.2, 0.25) is 5.02 Å². The summed E-state index contributed by atoms with van der Waals surface area (Å²) in [6.07, 6.45) is 5.26. The lowest BCUT2D eigenvalue weighted by Gasteiger charge is -2.05. The third-order valence-corrected chi connectivity index (χ3v) is 6.44. The molecule has 0 saturated heterocycles. The summed E-state index contributed by atoms with van der Waals surface area (Å²) in [7, 11) is 0. The predicted molar refractivity (Wildman–Crippen MR) is 126 cm³/mol. The van der Waals surface area contributed by atoms with Gasteiger partial charge in [0.25, 0.3) is 0 Å². The van der Waals surface area contributed by atoms with Crippen molar-refractivity contribution in [1.82, 2.24) is 30.2 Å². The maximum atomic E-state index is 6.28. The largest absolute Gasteiger partial charge is 0.315 e. The van der Waals surface area contributed by atoms with E-state index >= 15 is 0 Å². The van der Waals surface area contributed by atoms with Crippen LogP contribution in [-0.2, 0) is 6.54 Å². The number of nitrogens with zero attached hydrogens (tertiary/aromatic N) is 5. The van der Waals surface area contributed by atoms with Crippen LogP contribution in [0.3, 0.4) is 0 Å². The molecule has 1 aromatic carbocycles. The topological polar surface area (TPSA) is 88.5 Å². The van der Waals surface area contributed by atoms with Gasteiger partial charge in [-0.15, -0.1) is 0 Å². The molecule has 0 atom stereocenters. The van der Waals surface area contributed by atoms with Crippen LogP contribution in [0.4, 0.5) is 10.9 Å². The number of anilines is 2. The van der Waals surface area contributed by atoms with Gasteiger partial charge in [0.1, 0.15) is 0 Å². The average Bonchev–Trinajstić information content (AvgIpc) is 3.23. The summed E-state index contributed by atoms with van der Waals surface area (Å²) in [6, 6.07) is 9.61. The van der Waals surface area contributed by atoms with Gasteiger partial charge >= 0.3 is 0 Å². The van der Waals surface area contributed by atoms with E-state index in [1.807, 2.05) is 37.3 Å². The molecule has 0 bridgehead atoms. The Balaban J connectivity index is 1.49. The molecule has 10 heteroatoms. The molecule has 0 radical (unpaired) electrons. The predicted octanol–water partition coefficient (Wildman–Crippen LogP) is 5.36. The van der Waals surface area contributed by atoms with Crippen molar-refractivity contribution in [2.75, 3.05) is 11.9 Å². The third-order valence-electron chi connectivity index (χ3n) is 4.13. The van der Waals surface area contributed by atoms with Gasteiger partial charge in [0.15, 0.2) is 16.1 Å². The van der Waals surface area contributed by atoms with Crippen LogP contribution in [0.5, 0.6) is 0 Å². The Kier molecular flexibility index (Phi) is 7.08. The smallest absolute Gasteiger partial charge is 0.193 e. The van der Waals surface area contributed by atoms with Gasteiger partial charge in [-0.3, -0.25) is 4.98 Å². The Hall–Kier alpha value is -2.59. The summed E-state index contributed by atoms with van der Waals surface area (Å²) >= 11 is 9.22. The summed E-state index contributed by atoms with van der Waals surface area (Å²) in [5.41, 5.74) is 2.59. The van der Waals surface area contributed by atoms with Gasteiger partial charge in [0.2, 0.25) is 0 Å². The van der Waals surface area contributed by atoms with E-state index in [2.05, 4.69) is 37.5 Å². The zero-order valence-electron chi connectivity index (χ0n) is 17.0. The second kappa shape index (κ2) is 10.1. The van der Waals surface area contributed by atoms with Gasteiger partial charge in [-0.25, -0.2) is 19.9 Å². The standard InChI is InChI=1S/C21H20ClN7S2/c1-3-23-9-14-10-25-19(12-24-14)29-20-26-11-18(31-20)16-8-13(2)27-21(28-16)30-17-7-5-4-6-15(17)22/h4-8,10-12,23H,3,9H2,1-2H3,(H,25,26,29). The monoisotopic (exact) mass is 469 g/mol. The molecule has 0 aliphatic carbocycles. The molecular weight excluding hydrogens is 450 g/mol. The number of aryl methyl sites for hydroxylation is 1. The van der Waals surface area contributed by atoms with Crippen LogP contribution in [0, 0.1) is 6.92 Å².